The van der Waals surface area contributed by atoms with E-state index in [4.69, 9.17) is 9.84 Å². The molecule has 2 aromatic rings. The molecule has 2 N–H and O–H groups in total. The Bertz CT molecular complexity index is 771. The van der Waals surface area contributed by atoms with Crippen LogP contribution in [0.4, 0.5) is 5.69 Å². The summed E-state index contributed by atoms with van der Waals surface area (Å²) in [6.07, 6.45) is 2.82. The SMILES string of the molecule is CSc1nc(C)c(CCC(=O)Nc2ccc(OCC(=O)O)cc2)c(C)n1. The number of rotatable bonds is 8. The maximum absolute atomic E-state index is 12.2. The fourth-order valence-corrected chi connectivity index (χ4v) is 2.86. The van der Waals surface area contributed by atoms with Crippen LogP contribution in [0, 0.1) is 13.8 Å². The highest BCUT2D eigenvalue weighted by Crippen LogP contribution is 2.18. The van der Waals surface area contributed by atoms with Gasteiger partial charge < -0.3 is 15.2 Å². The fourth-order valence-electron chi connectivity index (χ4n) is 2.40. The number of amides is 1. The van der Waals surface area contributed by atoms with Crippen molar-refractivity contribution in [1.82, 2.24) is 9.97 Å². The lowest BCUT2D eigenvalue weighted by molar-refractivity contribution is -0.139. The number of ether oxygens (including phenoxy) is 1. The van der Waals surface area contributed by atoms with Gasteiger partial charge in [-0.2, -0.15) is 0 Å². The average Bonchev–Trinajstić information content (AvgIpc) is 2.60. The molecule has 138 valence electrons. The van der Waals surface area contributed by atoms with Gasteiger partial charge in [0.1, 0.15) is 5.75 Å². The molecule has 0 saturated carbocycles. The van der Waals surface area contributed by atoms with Crippen LogP contribution in [0.5, 0.6) is 5.75 Å². The van der Waals surface area contributed by atoms with E-state index in [0.717, 1.165) is 22.1 Å². The third kappa shape index (κ3) is 5.73. The van der Waals surface area contributed by atoms with E-state index in [1.54, 1.807) is 24.3 Å². The summed E-state index contributed by atoms with van der Waals surface area (Å²) in [6.45, 7) is 3.46. The van der Waals surface area contributed by atoms with Crippen molar-refractivity contribution in [3.8, 4) is 5.75 Å². The van der Waals surface area contributed by atoms with Gasteiger partial charge in [0.15, 0.2) is 11.8 Å². The Balaban J connectivity index is 1.90. The van der Waals surface area contributed by atoms with Gasteiger partial charge in [0, 0.05) is 23.5 Å². The quantitative estimate of drug-likeness (QED) is 0.540. The van der Waals surface area contributed by atoms with Crippen LogP contribution in [0.25, 0.3) is 0 Å². The second-order valence-electron chi connectivity index (χ2n) is 5.61. The number of nitrogens with one attached hydrogen (secondary N) is 1. The summed E-state index contributed by atoms with van der Waals surface area (Å²) in [4.78, 5) is 31.5. The Labute approximate surface area is 156 Å². The van der Waals surface area contributed by atoms with Gasteiger partial charge in [-0.1, -0.05) is 11.8 Å². The monoisotopic (exact) mass is 375 g/mol. The maximum Gasteiger partial charge on any atom is 0.341 e. The third-order valence-electron chi connectivity index (χ3n) is 3.69. The van der Waals surface area contributed by atoms with Gasteiger partial charge >= 0.3 is 5.97 Å². The van der Waals surface area contributed by atoms with Gasteiger partial charge in [-0.25, -0.2) is 14.8 Å². The molecule has 2 rings (SSSR count). The van der Waals surface area contributed by atoms with Gasteiger partial charge in [-0.3, -0.25) is 4.79 Å². The largest absolute Gasteiger partial charge is 0.482 e. The Morgan fingerprint density at radius 1 is 1.15 bits per heavy atom. The zero-order valence-corrected chi connectivity index (χ0v) is 15.7. The predicted octanol–water partition coefficient (Wildman–Crippen LogP) is 2.85. The summed E-state index contributed by atoms with van der Waals surface area (Å²) in [6, 6.07) is 6.56. The molecule has 1 heterocycles. The Kier molecular flexibility index (Phi) is 6.97. The van der Waals surface area contributed by atoms with Crippen molar-refractivity contribution >= 4 is 29.3 Å². The molecule has 0 spiro atoms. The van der Waals surface area contributed by atoms with Gasteiger partial charge in [0.25, 0.3) is 0 Å². The van der Waals surface area contributed by atoms with E-state index in [0.29, 0.717) is 24.3 Å². The number of anilines is 1. The van der Waals surface area contributed by atoms with Crippen LogP contribution in [0.3, 0.4) is 0 Å². The summed E-state index contributed by atoms with van der Waals surface area (Å²) >= 11 is 1.49. The number of hydrogen-bond donors (Lipinski definition) is 2. The molecule has 0 bridgehead atoms. The number of carboxylic acid groups (broad SMARTS) is 1. The predicted molar refractivity (Wildman–Crippen MR) is 99.8 cm³/mol. The van der Waals surface area contributed by atoms with Gasteiger partial charge in [-0.15, -0.1) is 0 Å². The highest BCUT2D eigenvalue weighted by atomic mass is 32.2. The lowest BCUT2D eigenvalue weighted by atomic mass is 10.1. The van der Waals surface area contributed by atoms with E-state index in [1.165, 1.54) is 11.8 Å². The molecule has 26 heavy (non-hydrogen) atoms. The minimum absolute atomic E-state index is 0.114. The van der Waals surface area contributed by atoms with Crippen molar-refractivity contribution < 1.29 is 19.4 Å². The molecule has 1 amide bonds. The molecule has 1 aromatic carbocycles. The summed E-state index contributed by atoms with van der Waals surface area (Å²) in [5.74, 6) is -0.720. The molecule has 7 nitrogen and oxygen atoms in total. The number of aliphatic carboxylic acids is 1. The molecule has 0 saturated heterocycles. The first-order chi connectivity index (χ1) is 12.4. The molecule has 1 aromatic heterocycles. The number of hydrogen-bond acceptors (Lipinski definition) is 6. The van der Waals surface area contributed by atoms with Gasteiger partial charge in [0.2, 0.25) is 5.91 Å². The van der Waals surface area contributed by atoms with Crippen LogP contribution in [0.2, 0.25) is 0 Å². The Morgan fingerprint density at radius 2 is 1.77 bits per heavy atom. The molecular weight excluding hydrogens is 354 g/mol. The first kappa shape index (κ1) is 19.7. The fraction of sp³-hybridized carbons (Fsp3) is 0.333. The number of carbonyl (C=O) groups is 2. The minimum atomic E-state index is -1.04. The molecular formula is C18H21N3O4S. The van der Waals surface area contributed by atoms with Crippen LogP contribution >= 0.6 is 11.8 Å². The van der Waals surface area contributed by atoms with Crippen molar-refractivity contribution in [2.45, 2.75) is 31.8 Å². The van der Waals surface area contributed by atoms with E-state index < -0.39 is 12.6 Å². The van der Waals surface area contributed by atoms with Crippen molar-refractivity contribution in [2.24, 2.45) is 0 Å². The lowest BCUT2D eigenvalue weighted by Gasteiger charge is -2.10. The van der Waals surface area contributed by atoms with E-state index >= 15 is 0 Å². The molecule has 0 aliphatic heterocycles. The molecule has 0 aliphatic carbocycles. The van der Waals surface area contributed by atoms with Crippen molar-refractivity contribution in [1.29, 1.82) is 0 Å². The third-order valence-corrected chi connectivity index (χ3v) is 4.23. The number of carboxylic acids is 1. The van der Waals surface area contributed by atoms with E-state index in [9.17, 15) is 9.59 Å². The highest BCUT2D eigenvalue weighted by Gasteiger charge is 2.11. The number of carbonyl (C=O) groups excluding carboxylic acids is 1. The van der Waals surface area contributed by atoms with Crippen LogP contribution in [0.1, 0.15) is 23.4 Å². The normalized spacial score (nSPS) is 10.4. The summed E-state index contributed by atoms with van der Waals surface area (Å²) in [5, 5.41) is 12.1. The zero-order valence-electron chi connectivity index (χ0n) is 14.9. The summed E-state index contributed by atoms with van der Waals surface area (Å²) in [7, 11) is 0. The molecule has 0 fully saturated rings. The van der Waals surface area contributed by atoms with Gasteiger partial charge in [-0.05, 0) is 56.4 Å². The molecule has 8 heteroatoms. The van der Waals surface area contributed by atoms with Crippen molar-refractivity contribution in [2.75, 3.05) is 18.2 Å². The minimum Gasteiger partial charge on any atom is -0.482 e. The Morgan fingerprint density at radius 3 is 2.31 bits per heavy atom. The maximum atomic E-state index is 12.2. The van der Waals surface area contributed by atoms with Crippen molar-refractivity contribution in [3.63, 3.8) is 0 Å². The van der Waals surface area contributed by atoms with E-state index in [-0.39, 0.29) is 5.91 Å². The first-order valence-electron chi connectivity index (χ1n) is 8.01. The zero-order chi connectivity index (χ0) is 19.1. The molecule has 0 unspecified atom stereocenters. The molecule has 0 atom stereocenters. The number of benzene rings is 1. The first-order valence-corrected chi connectivity index (χ1v) is 9.24. The number of thioether (sulfide) groups is 1. The van der Waals surface area contributed by atoms with E-state index in [2.05, 4.69) is 15.3 Å². The number of aromatic nitrogens is 2. The lowest BCUT2D eigenvalue weighted by Crippen LogP contribution is -2.14. The molecule has 0 radical (unpaired) electrons. The van der Waals surface area contributed by atoms with E-state index in [1.807, 2.05) is 20.1 Å². The number of aryl methyl sites for hydroxylation is 2. The average molecular weight is 375 g/mol. The summed E-state index contributed by atoms with van der Waals surface area (Å²) in [5.41, 5.74) is 3.42. The smallest absolute Gasteiger partial charge is 0.341 e. The van der Waals surface area contributed by atoms with Crippen LogP contribution in [0.15, 0.2) is 29.4 Å². The second kappa shape index (κ2) is 9.19. The highest BCUT2D eigenvalue weighted by molar-refractivity contribution is 7.98. The topological polar surface area (TPSA) is 101 Å². The standard InChI is InChI=1S/C18H21N3O4S/c1-11-15(12(2)20-18(19-11)26-3)8-9-16(22)21-13-4-6-14(7-5-13)25-10-17(23)24/h4-7H,8-10H2,1-3H3,(H,21,22)(H,23,24). The summed E-state index contributed by atoms with van der Waals surface area (Å²) < 4.78 is 5.05. The van der Waals surface area contributed by atoms with Crippen LogP contribution in [-0.4, -0.2) is 39.8 Å². The second-order valence-corrected chi connectivity index (χ2v) is 6.39. The molecule has 0 aliphatic rings. The van der Waals surface area contributed by atoms with Crippen molar-refractivity contribution in [3.05, 3.63) is 41.2 Å². The van der Waals surface area contributed by atoms with Crippen LogP contribution < -0.4 is 10.1 Å². The number of nitrogens with zero attached hydrogens (tertiary/aromatic N) is 2. The van der Waals surface area contributed by atoms with Gasteiger partial charge in [0.05, 0.1) is 0 Å². The van der Waals surface area contributed by atoms with Crippen LogP contribution in [-0.2, 0) is 16.0 Å². The Hall–Kier alpha value is -2.61.